The van der Waals surface area contributed by atoms with Crippen LogP contribution >= 0.6 is 0 Å². The molecule has 0 aliphatic carbocycles. The Balaban J connectivity index is 1.78. The average Bonchev–Trinajstić information content (AvgIpc) is 2.71. The summed E-state index contributed by atoms with van der Waals surface area (Å²) < 4.78 is 29.9. The normalized spacial score (nSPS) is 15.1. The van der Waals surface area contributed by atoms with Crippen LogP contribution in [0.25, 0.3) is 0 Å². The molecule has 0 amide bonds. The average molecular weight is 390 g/mol. The third-order valence-electron chi connectivity index (χ3n) is 4.17. The van der Waals surface area contributed by atoms with Crippen LogP contribution in [0.1, 0.15) is 34.6 Å². The van der Waals surface area contributed by atoms with Gasteiger partial charge in [-0.25, -0.2) is 14.0 Å². The lowest BCUT2D eigenvalue weighted by Crippen LogP contribution is -2.48. The molecule has 0 spiro atoms. The maximum atomic E-state index is 14.8. The lowest BCUT2D eigenvalue weighted by atomic mass is 10.0. The maximum absolute atomic E-state index is 14.8. The number of hydrogen-bond donors (Lipinski definition) is 1. The number of halogens is 1. The number of carbonyl (C=O) groups is 2. The first-order valence-electron chi connectivity index (χ1n) is 8.79. The molecule has 0 saturated carbocycles. The predicted molar refractivity (Wildman–Crippen MR) is 99.5 cm³/mol. The first-order valence-corrected chi connectivity index (χ1v) is 8.79. The van der Waals surface area contributed by atoms with Crippen molar-refractivity contribution >= 4 is 11.9 Å². The van der Waals surface area contributed by atoms with Crippen LogP contribution in [0.3, 0.4) is 0 Å². The first-order chi connectivity index (χ1) is 13.3. The molecule has 2 aromatic carbocycles. The van der Waals surface area contributed by atoms with E-state index >= 15 is 0 Å². The molecular formula is C21H23FO6. The topological polar surface area (TPSA) is 82.1 Å². The van der Waals surface area contributed by atoms with E-state index in [4.69, 9.17) is 14.2 Å². The van der Waals surface area contributed by atoms with Crippen LogP contribution in [0.15, 0.2) is 60.7 Å². The van der Waals surface area contributed by atoms with Gasteiger partial charge in [-0.3, -0.25) is 0 Å². The van der Waals surface area contributed by atoms with Gasteiger partial charge in [0, 0.05) is 0 Å². The number of benzene rings is 2. The van der Waals surface area contributed by atoms with E-state index in [1.54, 1.807) is 60.7 Å². The molecule has 2 aromatic rings. The van der Waals surface area contributed by atoms with E-state index < -0.39 is 30.0 Å². The second kappa shape index (κ2) is 9.96. The van der Waals surface area contributed by atoms with Crippen LogP contribution in [-0.2, 0) is 14.2 Å². The fourth-order valence-corrected chi connectivity index (χ4v) is 2.23. The van der Waals surface area contributed by atoms with Crippen LogP contribution in [0.5, 0.6) is 0 Å². The molecule has 0 bridgehead atoms. The number of hydrogen-bond acceptors (Lipinski definition) is 6. The SMILES string of the molecule is C[C@@H](OC(=O)c1ccccc1)[C@@](C)(F)[C@H](O)OCCOC(=O)c1ccccc1. The van der Waals surface area contributed by atoms with Gasteiger partial charge in [-0.05, 0) is 38.1 Å². The quantitative estimate of drug-likeness (QED) is 0.402. The Kier molecular flexibility index (Phi) is 7.66. The van der Waals surface area contributed by atoms with Gasteiger partial charge in [0.2, 0.25) is 0 Å². The van der Waals surface area contributed by atoms with Crippen molar-refractivity contribution in [3.8, 4) is 0 Å². The Morgan fingerprint density at radius 1 is 0.964 bits per heavy atom. The summed E-state index contributed by atoms with van der Waals surface area (Å²) in [5, 5.41) is 9.98. The number of esters is 2. The summed E-state index contributed by atoms with van der Waals surface area (Å²) in [4.78, 5) is 23.8. The van der Waals surface area contributed by atoms with E-state index in [2.05, 4.69) is 0 Å². The molecule has 0 aliphatic heterocycles. The lowest BCUT2D eigenvalue weighted by molar-refractivity contribution is -0.208. The van der Waals surface area contributed by atoms with Crippen LogP contribution in [-0.4, -0.2) is 48.3 Å². The van der Waals surface area contributed by atoms with Gasteiger partial charge in [-0.2, -0.15) is 0 Å². The molecule has 3 atom stereocenters. The first kappa shape index (κ1) is 21.5. The van der Waals surface area contributed by atoms with E-state index in [9.17, 15) is 19.1 Å². The zero-order chi connectivity index (χ0) is 20.6. The molecule has 7 heteroatoms. The van der Waals surface area contributed by atoms with E-state index in [1.165, 1.54) is 6.92 Å². The standard InChI is InChI=1S/C21H23FO6/c1-15(28-19(24)17-11-7-4-8-12-17)21(2,22)20(25)27-14-13-26-18(23)16-9-5-3-6-10-16/h3-12,15,20,25H,13-14H2,1-2H3/t15-,20-,21-/m1/s1. The highest BCUT2D eigenvalue weighted by atomic mass is 19.1. The molecule has 0 heterocycles. The molecule has 28 heavy (non-hydrogen) atoms. The van der Waals surface area contributed by atoms with Crippen molar-refractivity contribution in [2.24, 2.45) is 0 Å². The van der Waals surface area contributed by atoms with E-state index in [-0.39, 0.29) is 18.8 Å². The van der Waals surface area contributed by atoms with Crippen LogP contribution in [0.2, 0.25) is 0 Å². The zero-order valence-corrected chi connectivity index (χ0v) is 15.7. The van der Waals surface area contributed by atoms with Gasteiger partial charge in [0.25, 0.3) is 0 Å². The summed E-state index contributed by atoms with van der Waals surface area (Å²) in [7, 11) is 0. The van der Waals surface area contributed by atoms with Crippen molar-refractivity contribution in [2.45, 2.75) is 31.9 Å². The highest BCUT2D eigenvalue weighted by Crippen LogP contribution is 2.25. The second-order valence-corrected chi connectivity index (χ2v) is 6.29. The fraction of sp³-hybridized carbons (Fsp3) is 0.333. The monoisotopic (exact) mass is 390 g/mol. The smallest absolute Gasteiger partial charge is 0.338 e. The number of carbonyl (C=O) groups excluding carboxylic acids is 2. The number of aliphatic hydroxyl groups is 1. The van der Waals surface area contributed by atoms with Gasteiger partial charge in [-0.1, -0.05) is 36.4 Å². The predicted octanol–water partition coefficient (Wildman–Crippen LogP) is 3.15. The number of alkyl halides is 1. The van der Waals surface area contributed by atoms with E-state index in [0.29, 0.717) is 5.56 Å². The third-order valence-corrected chi connectivity index (χ3v) is 4.17. The Labute approximate surface area is 162 Å². The molecule has 0 fully saturated rings. The van der Waals surface area contributed by atoms with Crippen LogP contribution < -0.4 is 0 Å². The molecule has 2 rings (SSSR count). The Bertz CT molecular complexity index is 763. The molecule has 0 saturated heterocycles. The largest absolute Gasteiger partial charge is 0.460 e. The molecule has 0 unspecified atom stereocenters. The summed E-state index contributed by atoms with van der Waals surface area (Å²) in [5.74, 6) is -1.26. The van der Waals surface area contributed by atoms with Crippen molar-refractivity contribution in [1.29, 1.82) is 0 Å². The molecule has 6 nitrogen and oxygen atoms in total. The summed E-state index contributed by atoms with van der Waals surface area (Å²) in [5.41, 5.74) is -1.72. The van der Waals surface area contributed by atoms with Crippen molar-refractivity contribution in [2.75, 3.05) is 13.2 Å². The van der Waals surface area contributed by atoms with Crippen molar-refractivity contribution in [3.63, 3.8) is 0 Å². The van der Waals surface area contributed by atoms with Crippen molar-refractivity contribution in [3.05, 3.63) is 71.8 Å². The number of rotatable bonds is 9. The summed E-state index contributed by atoms with van der Waals surface area (Å²) in [6.45, 7) is 2.00. The highest BCUT2D eigenvalue weighted by molar-refractivity contribution is 5.89. The van der Waals surface area contributed by atoms with Crippen molar-refractivity contribution in [1.82, 2.24) is 0 Å². The lowest BCUT2D eigenvalue weighted by Gasteiger charge is -2.31. The number of aliphatic hydroxyl groups excluding tert-OH is 1. The van der Waals surface area contributed by atoms with E-state index in [1.807, 2.05) is 0 Å². The van der Waals surface area contributed by atoms with Gasteiger partial charge in [0.15, 0.2) is 12.0 Å². The molecular weight excluding hydrogens is 367 g/mol. The summed E-state index contributed by atoms with van der Waals surface area (Å²) in [6, 6.07) is 16.5. The van der Waals surface area contributed by atoms with Gasteiger partial charge in [-0.15, -0.1) is 0 Å². The van der Waals surface area contributed by atoms with Gasteiger partial charge < -0.3 is 19.3 Å². The minimum absolute atomic E-state index is 0.168. The van der Waals surface area contributed by atoms with Gasteiger partial charge in [0.05, 0.1) is 17.7 Å². The van der Waals surface area contributed by atoms with Gasteiger partial charge >= 0.3 is 11.9 Å². The van der Waals surface area contributed by atoms with Crippen molar-refractivity contribution < 1.29 is 33.3 Å². The maximum Gasteiger partial charge on any atom is 0.338 e. The summed E-state index contributed by atoms with van der Waals surface area (Å²) in [6.07, 6.45) is -3.15. The number of ether oxygens (including phenoxy) is 3. The minimum atomic E-state index is -2.37. The zero-order valence-electron chi connectivity index (χ0n) is 15.7. The molecule has 0 aromatic heterocycles. The molecule has 0 radical (unpaired) electrons. The molecule has 1 N–H and O–H groups in total. The minimum Gasteiger partial charge on any atom is -0.460 e. The van der Waals surface area contributed by atoms with Gasteiger partial charge in [0.1, 0.15) is 12.7 Å². The highest BCUT2D eigenvalue weighted by Gasteiger charge is 2.42. The van der Waals surface area contributed by atoms with Crippen LogP contribution in [0.4, 0.5) is 4.39 Å². The Morgan fingerprint density at radius 3 is 2.00 bits per heavy atom. The third kappa shape index (κ3) is 5.87. The Morgan fingerprint density at radius 2 is 1.46 bits per heavy atom. The second-order valence-electron chi connectivity index (χ2n) is 6.29. The molecule has 150 valence electrons. The Hall–Kier alpha value is -2.77. The summed E-state index contributed by atoms with van der Waals surface area (Å²) >= 11 is 0. The van der Waals surface area contributed by atoms with E-state index in [0.717, 1.165) is 6.92 Å². The molecule has 0 aliphatic rings. The van der Waals surface area contributed by atoms with Crippen LogP contribution in [0, 0.1) is 0 Å². The fourth-order valence-electron chi connectivity index (χ4n) is 2.23.